The van der Waals surface area contributed by atoms with Crippen LogP contribution in [0, 0.1) is 0 Å². The van der Waals surface area contributed by atoms with Gasteiger partial charge in [-0.15, -0.1) is 0 Å². The first-order valence-electron chi connectivity index (χ1n) is 11.1. The third-order valence-electron chi connectivity index (χ3n) is 5.89. The van der Waals surface area contributed by atoms with Crippen LogP contribution in [0.25, 0.3) is 11.0 Å². The molecule has 178 valence electrons. The van der Waals surface area contributed by atoms with Crippen molar-refractivity contribution in [3.8, 4) is 0 Å². The molecule has 12 heteroatoms. The first-order chi connectivity index (χ1) is 16.4. The number of hydrogen-bond acceptors (Lipinski definition) is 8. The Balaban J connectivity index is 1.39. The summed E-state index contributed by atoms with van der Waals surface area (Å²) in [7, 11) is 0.237. The molecule has 0 radical (unpaired) electrons. The second-order valence-corrected chi connectivity index (χ2v) is 10.3. The summed E-state index contributed by atoms with van der Waals surface area (Å²) in [5.74, 6) is 1.23. The molecule has 1 aromatic carbocycles. The second-order valence-electron chi connectivity index (χ2n) is 8.32. The maximum atomic E-state index is 13.1. The van der Waals surface area contributed by atoms with E-state index in [1.165, 1.54) is 0 Å². The summed E-state index contributed by atoms with van der Waals surface area (Å²) in [4.78, 5) is 16.3. The summed E-state index contributed by atoms with van der Waals surface area (Å²) in [5, 5.41) is 8.54. The highest BCUT2D eigenvalue weighted by atomic mass is 32.2. The summed E-state index contributed by atoms with van der Waals surface area (Å²) in [5.41, 5.74) is 1.61. The summed E-state index contributed by atoms with van der Waals surface area (Å²) in [6.45, 7) is 2.48. The van der Waals surface area contributed by atoms with Crippen molar-refractivity contribution in [2.24, 2.45) is 14.1 Å². The quantitative estimate of drug-likeness (QED) is 0.442. The van der Waals surface area contributed by atoms with Crippen LogP contribution in [-0.4, -0.2) is 68.2 Å². The lowest BCUT2D eigenvalue weighted by Crippen LogP contribution is -2.35. The Morgan fingerprint density at radius 3 is 2.62 bits per heavy atom. The fourth-order valence-electron chi connectivity index (χ4n) is 4.10. The van der Waals surface area contributed by atoms with Gasteiger partial charge in [-0.1, -0.05) is 18.2 Å². The molecule has 1 N–H and O–H groups in total. The van der Waals surface area contributed by atoms with Crippen LogP contribution in [-0.2, 0) is 30.7 Å². The zero-order chi connectivity index (χ0) is 23.7. The molecule has 0 spiro atoms. The molecule has 0 bridgehead atoms. The van der Waals surface area contributed by atoms with Crippen LogP contribution in [0.5, 0.6) is 0 Å². The molecule has 0 unspecified atom stereocenters. The minimum Gasteiger partial charge on any atom is -0.364 e. The van der Waals surface area contributed by atoms with Crippen molar-refractivity contribution in [3.05, 3.63) is 54.7 Å². The Morgan fingerprint density at radius 2 is 1.85 bits per heavy atom. The molecule has 4 heterocycles. The van der Waals surface area contributed by atoms with Crippen LogP contribution < -0.4 is 10.2 Å². The van der Waals surface area contributed by atoms with Crippen molar-refractivity contribution >= 4 is 32.8 Å². The van der Waals surface area contributed by atoms with Crippen LogP contribution in [0.1, 0.15) is 12.1 Å². The first-order valence-corrected chi connectivity index (χ1v) is 12.6. The molecule has 4 aromatic rings. The third kappa shape index (κ3) is 4.33. The lowest BCUT2D eigenvalue weighted by molar-refractivity contribution is 0.433. The average Bonchev–Trinajstić information content (AvgIpc) is 3.33. The van der Waals surface area contributed by atoms with Gasteiger partial charge in [0.05, 0.1) is 35.0 Å². The summed E-state index contributed by atoms with van der Waals surface area (Å²) in [6.07, 6.45) is 6.13. The topological polar surface area (TPSA) is 114 Å². The predicted octanol–water partition coefficient (Wildman–Crippen LogP) is 1.61. The molecule has 11 nitrogen and oxygen atoms in total. The smallest absolute Gasteiger partial charge is 0.243 e. The lowest BCUT2D eigenvalue weighted by atomic mass is 10.3. The summed E-state index contributed by atoms with van der Waals surface area (Å²) in [6, 6.07) is 8.57. The molecule has 3 aromatic heterocycles. The van der Waals surface area contributed by atoms with E-state index in [2.05, 4.69) is 15.4 Å². The number of imidazole rings is 1. The molecule has 34 heavy (non-hydrogen) atoms. The Bertz CT molecular complexity index is 1400. The van der Waals surface area contributed by atoms with Gasteiger partial charge in [-0.3, -0.25) is 4.68 Å². The Kier molecular flexibility index (Phi) is 5.92. The van der Waals surface area contributed by atoms with Gasteiger partial charge in [0.25, 0.3) is 0 Å². The SMILES string of the molecule is Cn1cnc(CNc2nc(N3CCCN(S(=O)(=O)c4ccccc4)CC3)nc3c2cnn3C)c1. The van der Waals surface area contributed by atoms with Crippen molar-refractivity contribution in [1.82, 2.24) is 33.6 Å². The molecule has 1 aliphatic rings. The molecule has 0 aliphatic carbocycles. The highest BCUT2D eigenvalue weighted by Crippen LogP contribution is 2.25. The molecule has 0 amide bonds. The van der Waals surface area contributed by atoms with E-state index in [0.29, 0.717) is 61.5 Å². The number of nitrogens with one attached hydrogen (secondary N) is 1. The molecular weight excluding hydrogens is 454 g/mol. The highest BCUT2D eigenvalue weighted by Gasteiger charge is 2.28. The number of nitrogens with zero attached hydrogens (tertiary/aromatic N) is 8. The minimum atomic E-state index is -3.54. The van der Waals surface area contributed by atoms with Crippen LogP contribution in [0.2, 0.25) is 0 Å². The zero-order valence-electron chi connectivity index (χ0n) is 19.2. The number of benzene rings is 1. The molecule has 5 rings (SSSR count). The molecular formula is C22H27N9O2S. The van der Waals surface area contributed by atoms with Crippen molar-refractivity contribution in [3.63, 3.8) is 0 Å². The van der Waals surface area contributed by atoms with Gasteiger partial charge in [-0.05, 0) is 18.6 Å². The second kappa shape index (κ2) is 9.03. The number of aryl methyl sites for hydroxylation is 2. The van der Waals surface area contributed by atoms with E-state index in [9.17, 15) is 8.42 Å². The van der Waals surface area contributed by atoms with E-state index in [1.807, 2.05) is 35.8 Å². The van der Waals surface area contributed by atoms with Gasteiger partial charge in [0.15, 0.2) is 5.65 Å². The Morgan fingerprint density at radius 1 is 1.03 bits per heavy atom. The maximum absolute atomic E-state index is 13.1. The van der Waals surface area contributed by atoms with Crippen LogP contribution in [0.4, 0.5) is 11.8 Å². The average molecular weight is 482 g/mol. The molecule has 1 saturated heterocycles. The van der Waals surface area contributed by atoms with Gasteiger partial charge >= 0.3 is 0 Å². The van der Waals surface area contributed by atoms with Crippen molar-refractivity contribution in [2.75, 3.05) is 36.4 Å². The minimum absolute atomic E-state index is 0.317. The maximum Gasteiger partial charge on any atom is 0.243 e. The van der Waals surface area contributed by atoms with Crippen LogP contribution in [0.3, 0.4) is 0 Å². The van der Waals surface area contributed by atoms with E-state index in [-0.39, 0.29) is 0 Å². The van der Waals surface area contributed by atoms with Gasteiger partial charge in [-0.2, -0.15) is 19.4 Å². The number of sulfonamides is 1. The van der Waals surface area contributed by atoms with E-state index in [4.69, 9.17) is 9.97 Å². The van der Waals surface area contributed by atoms with Gasteiger partial charge in [0.1, 0.15) is 5.82 Å². The molecule has 0 saturated carbocycles. The predicted molar refractivity (Wildman–Crippen MR) is 129 cm³/mol. The first kappa shape index (κ1) is 22.3. The normalized spacial score (nSPS) is 15.5. The van der Waals surface area contributed by atoms with Crippen LogP contribution in [0.15, 0.2) is 53.9 Å². The largest absolute Gasteiger partial charge is 0.364 e. The third-order valence-corrected chi connectivity index (χ3v) is 7.81. The van der Waals surface area contributed by atoms with E-state index in [1.54, 1.807) is 45.8 Å². The van der Waals surface area contributed by atoms with Crippen LogP contribution >= 0.6 is 0 Å². The molecule has 1 fully saturated rings. The number of aromatic nitrogens is 6. The van der Waals surface area contributed by atoms with Crippen molar-refractivity contribution < 1.29 is 8.42 Å². The van der Waals surface area contributed by atoms with Gasteiger partial charge in [0, 0.05) is 46.5 Å². The fourth-order valence-corrected chi connectivity index (χ4v) is 5.59. The Labute approximate surface area is 198 Å². The standard InChI is InChI=1S/C22H27N9O2S/c1-28-15-17(24-16-28)13-23-20-19-14-25-29(2)21(19)27-22(26-20)30-9-6-10-31(12-11-30)34(32,33)18-7-4-3-5-8-18/h3-5,7-8,14-16H,6,9-13H2,1-2H3,(H,23,26,27). The number of hydrogen-bond donors (Lipinski definition) is 1. The van der Waals surface area contributed by atoms with Crippen molar-refractivity contribution in [2.45, 2.75) is 17.9 Å². The van der Waals surface area contributed by atoms with Crippen molar-refractivity contribution in [1.29, 1.82) is 0 Å². The van der Waals surface area contributed by atoms with Gasteiger partial charge < -0.3 is 14.8 Å². The molecule has 0 atom stereocenters. The van der Waals surface area contributed by atoms with E-state index >= 15 is 0 Å². The number of fused-ring (bicyclic) bond motifs is 1. The summed E-state index contributed by atoms with van der Waals surface area (Å²) < 4.78 is 31.3. The highest BCUT2D eigenvalue weighted by molar-refractivity contribution is 7.89. The number of rotatable bonds is 6. The van der Waals surface area contributed by atoms with E-state index in [0.717, 1.165) is 11.1 Å². The Hall–Kier alpha value is -3.51. The number of anilines is 2. The fraction of sp³-hybridized carbons (Fsp3) is 0.364. The van der Waals surface area contributed by atoms with E-state index < -0.39 is 10.0 Å². The van der Waals surface area contributed by atoms with Gasteiger partial charge in [0.2, 0.25) is 16.0 Å². The monoisotopic (exact) mass is 481 g/mol. The summed E-state index contributed by atoms with van der Waals surface area (Å²) >= 11 is 0. The zero-order valence-corrected chi connectivity index (χ0v) is 20.0. The molecule has 1 aliphatic heterocycles. The lowest BCUT2D eigenvalue weighted by Gasteiger charge is -2.22. The van der Waals surface area contributed by atoms with Gasteiger partial charge in [-0.25, -0.2) is 13.4 Å².